The molecule has 1 amide bonds. The standard InChI is InChI=1S/C24H28N4O/c1-16(2)17-3-5-18(6-4-17)21-15-20-22(9-10-25-23(20)26-21)27-11-13-28(14-12-27)24(29)19-7-8-19/h3-6,9-10,15-16,19H,7-8,11-14H2,1-2H3,(H,25,26). The second-order valence-electron chi connectivity index (χ2n) is 8.64. The summed E-state index contributed by atoms with van der Waals surface area (Å²) in [4.78, 5) is 24.8. The van der Waals surface area contributed by atoms with Crippen LogP contribution in [0.3, 0.4) is 0 Å². The van der Waals surface area contributed by atoms with Gasteiger partial charge in [-0.05, 0) is 42.0 Å². The van der Waals surface area contributed by atoms with Crippen LogP contribution >= 0.6 is 0 Å². The third-order valence-corrected chi connectivity index (χ3v) is 6.26. The van der Waals surface area contributed by atoms with Gasteiger partial charge in [-0.25, -0.2) is 4.98 Å². The van der Waals surface area contributed by atoms with Crippen molar-refractivity contribution >= 4 is 22.6 Å². The van der Waals surface area contributed by atoms with Crippen LogP contribution in [0, 0.1) is 5.92 Å². The number of hydrogen-bond donors (Lipinski definition) is 1. The lowest BCUT2D eigenvalue weighted by Gasteiger charge is -2.36. The molecular weight excluding hydrogens is 360 g/mol. The van der Waals surface area contributed by atoms with E-state index in [-0.39, 0.29) is 0 Å². The van der Waals surface area contributed by atoms with Gasteiger partial charge in [-0.2, -0.15) is 0 Å². The van der Waals surface area contributed by atoms with Gasteiger partial charge in [0.05, 0.1) is 0 Å². The molecule has 1 N–H and O–H groups in total. The molecule has 1 aromatic carbocycles. The van der Waals surface area contributed by atoms with Gasteiger partial charge in [0.15, 0.2) is 0 Å². The van der Waals surface area contributed by atoms with Crippen LogP contribution in [0.15, 0.2) is 42.6 Å². The fourth-order valence-electron chi connectivity index (χ4n) is 4.25. The molecule has 0 spiro atoms. The van der Waals surface area contributed by atoms with E-state index in [1.54, 1.807) is 0 Å². The van der Waals surface area contributed by atoms with Crippen molar-refractivity contribution in [1.29, 1.82) is 0 Å². The normalized spacial score (nSPS) is 17.3. The quantitative estimate of drug-likeness (QED) is 0.720. The van der Waals surface area contributed by atoms with E-state index in [0.717, 1.165) is 55.7 Å². The van der Waals surface area contributed by atoms with Gasteiger partial charge in [-0.15, -0.1) is 0 Å². The Hall–Kier alpha value is -2.82. The highest BCUT2D eigenvalue weighted by Gasteiger charge is 2.34. The molecule has 3 heterocycles. The van der Waals surface area contributed by atoms with Crippen LogP contribution in [-0.4, -0.2) is 47.0 Å². The van der Waals surface area contributed by atoms with Gasteiger partial charge in [-0.1, -0.05) is 38.1 Å². The van der Waals surface area contributed by atoms with E-state index in [0.29, 0.717) is 17.7 Å². The average molecular weight is 389 g/mol. The Morgan fingerprint density at radius 1 is 1.07 bits per heavy atom. The average Bonchev–Trinajstić information content (AvgIpc) is 3.51. The minimum absolute atomic E-state index is 0.309. The molecule has 5 heteroatoms. The number of nitrogens with one attached hydrogen (secondary N) is 1. The maximum Gasteiger partial charge on any atom is 0.225 e. The van der Waals surface area contributed by atoms with Gasteiger partial charge >= 0.3 is 0 Å². The van der Waals surface area contributed by atoms with Crippen molar-refractivity contribution in [3.63, 3.8) is 0 Å². The zero-order chi connectivity index (χ0) is 20.0. The highest BCUT2D eigenvalue weighted by molar-refractivity contribution is 5.94. The summed E-state index contributed by atoms with van der Waals surface area (Å²) in [7, 11) is 0. The van der Waals surface area contributed by atoms with Crippen molar-refractivity contribution in [2.24, 2.45) is 5.92 Å². The number of nitrogens with zero attached hydrogens (tertiary/aromatic N) is 3. The number of anilines is 1. The molecule has 1 saturated heterocycles. The molecule has 3 aromatic rings. The maximum atomic E-state index is 12.3. The fourth-order valence-corrected chi connectivity index (χ4v) is 4.25. The van der Waals surface area contributed by atoms with E-state index in [2.05, 4.69) is 65.1 Å². The lowest BCUT2D eigenvalue weighted by molar-refractivity contribution is -0.132. The van der Waals surface area contributed by atoms with Crippen LogP contribution in [-0.2, 0) is 4.79 Å². The number of piperazine rings is 1. The summed E-state index contributed by atoms with van der Waals surface area (Å²) in [6, 6.07) is 13.1. The first-order valence-electron chi connectivity index (χ1n) is 10.7. The second-order valence-corrected chi connectivity index (χ2v) is 8.64. The van der Waals surface area contributed by atoms with E-state index in [1.165, 1.54) is 16.8 Å². The molecule has 1 aliphatic carbocycles. The topological polar surface area (TPSA) is 52.2 Å². The number of aromatic nitrogens is 2. The number of carbonyl (C=O) groups excluding carboxylic acids is 1. The Balaban J connectivity index is 1.38. The van der Waals surface area contributed by atoms with E-state index in [1.807, 2.05) is 11.1 Å². The number of aromatic amines is 1. The number of pyridine rings is 1. The largest absolute Gasteiger partial charge is 0.367 e. The third-order valence-electron chi connectivity index (χ3n) is 6.26. The van der Waals surface area contributed by atoms with Crippen molar-refractivity contribution < 1.29 is 4.79 Å². The molecule has 1 aliphatic heterocycles. The van der Waals surface area contributed by atoms with Crippen LogP contribution < -0.4 is 4.90 Å². The molecule has 5 nitrogen and oxygen atoms in total. The van der Waals surface area contributed by atoms with Crippen LogP contribution in [0.5, 0.6) is 0 Å². The number of rotatable bonds is 4. The number of hydrogen-bond acceptors (Lipinski definition) is 3. The molecule has 1 saturated carbocycles. The first-order chi connectivity index (χ1) is 14.1. The Labute approximate surface area is 171 Å². The molecule has 2 aromatic heterocycles. The van der Waals surface area contributed by atoms with Crippen LogP contribution in [0.4, 0.5) is 5.69 Å². The van der Waals surface area contributed by atoms with Crippen LogP contribution in [0.25, 0.3) is 22.3 Å². The maximum absolute atomic E-state index is 12.3. The van der Waals surface area contributed by atoms with Crippen LogP contribution in [0.2, 0.25) is 0 Å². The molecule has 0 atom stereocenters. The Bertz CT molecular complexity index is 1020. The molecule has 5 rings (SSSR count). The summed E-state index contributed by atoms with van der Waals surface area (Å²) in [5.74, 6) is 1.20. The van der Waals surface area contributed by atoms with Gasteiger partial charge in [0.1, 0.15) is 5.65 Å². The predicted octanol–water partition coefficient (Wildman–Crippen LogP) is 4.41. The number of amides is 1. The minimum atomic E-state index is 0.309. The fraction of sp³-hybridized carbons (Fsp3) is 0.417. The van der Waals surface area contributed by atoms with Gasteiger partial charge in [0.2, 0.25) is 5.91 Å². The molecular formula is C24H28N4O. The van der Waals surface area contributed by atoms with Crippen LogP contribution in [0.1, 0.15) is 38.2 Å². The van der Waals surface area contributed by atoms with Gasteiger partial charge in [0.25, 0.3) is 0 Å². The van der Waals surface area contributed by atoms with E-state index >= 15 is 0 Å². The minimum Gasteiger partial charge on any atom is -0.367 e. The van der Waals surface area contributed by atoms with Crippen molar-refractivity contribution in [3.8, 4) is 11.3 Å². The van der Waals surface area contributed by atoms with Crippen molar-refractivity contribution in [1.82, 2.24) is 14.9 Å². The lowest BCUT2D eigenvalue weighted by atomic mass is 10.0. The van der Waals surface area contributed by atoms with E-state index in [9.17, 15) is 4.79 Å². The number of carbonyl (C=O) groups is 1. The SMILES string of the molecule is CC(C)c1ccc(-c2cc3c(N4CCN(C(=O)C5CC5)CC4)ccnc3[nH]2)cc1. The summed E-state index contributed by atoms with van der Waals surface area (Å²) in [5.41, 5.74) is 5.75. The predicted molar refractivity (Wildman–Crippen MR) is 117 cm³/mol. The molecule has 0 unspecified atom stereocenters. The molecule has 0 radical (unpaired) electrons. The zero-order valence-electron chi connectivity index (χ0n) is 17.2. The molecule has 29 heavy (non-hydrogen) atoms. The summed E-state index contributed by atoms with van der Waals surface area (Å²) in [6.07, 6.45) is 4.03. The monoisotopic (exact) mass is 388 g/mol. The van der Waals surface area contributed by atoms with Gasteiger partial charge in [-0.3, -0.25) is 4.79 Å². The first-order valence-corrected chi connectivity index (χ1v) is 10.7. The molecule has 2 aliphatic rings. The van der Waals surface area contributed by atoms with Gasteiger partial charge in [0, 0.05) is 55.1 Å². The Morgan fingerprint density at radius 3 is 2.45 bits per heavy atom. The summed E-state index contributed by atoms with van der Waals surface area (Å²) in [6.45, 7) is 7.81. The van der Waals surface area contributed by atoms with E-state index in [4.69, 9.17) is 0 Å². The number of fused-ring (bicyclic) bond motifs is 1. The van der Waals surface area contributed by atoms with Gasteiger partial charge < -0.3 is 14.8 Å². The van der Waals surface area contributed by atoms with Crippen molar-refractivity contribution in [3.05, 3.63) is 48.2 Å². The first kappa shape index (κ1) is 18.2. The third kappa shape index (κ3) is 3.50. The lowest BCUT2D eigenvalue weighted by Crippen LogP contribution is -2.49. The summed E-state index contributed by atoms with van der Waals surface area (Å²) in [5, 5.41) is 1.15. The number of H-pyrrole nitrogens is 1. The Morgan fingerprint density at radius 2 is 1.79 bits per heavy atom. The highest BCUT2D eigenvalue weighted by atomic mass is 16.2. The Kier molecular flexibility index (Phi) is 4.53. The zero-order valence-corrected chi connectivity index (χ0v) is 17.2. The van der Waals surface area contributed by atoms with Crippen molar-refractivity contribution in [2.75, 3.05) is 31.1 Å². The summed E-state index contributed by atoms with van der Waals surface area (Å²) < 4.78 is 0. The molecule has 150 valence electrons. The summed E-state index contributed by atoms with van der Waals surface area (Å²) >= 11 is 0. The van der Waals surface area contributed by atoms with E-state index < -0.39 is 0 Å². The number of benzene rings is 1. The van der Waals surface area contributed by atoms with Crippen molar-refractivity contribution in [2.45, 2.75) is 32.6 Å². The second kappa shape index (κ2) is 7.21. The highest BCUT2D eigenvalue weighted by Crippen LogP contribution is 2.33. The molecule has 2 fully saturated rings. The molecule has 0 bridgehead atoms. The smallest absolute Gasteiger partial charge is 0.225 e.